The van der Waals surface area contributed by atoms with Gasteiger partial charge in [-0.1, -0.05) is 35.9 Å². The van der Waals surface area contributed by atoms with Crippen LogP contribution in [-0.4, -0.2) is 26.8 Å². The van der Waals surface area contributed by atoms with Gasteiger partial charge in [-0.3, -0.25) is 14.5 Å². The monoisotopic (exact) mass is 358 g/mol. The van der Waals surface area contributed by atoms with Crippen LogP contribution < -0.4 is 4.72 Å². The van der Waals surface area contributed by atoms with Gasteiger partial charge in [-0.15, -0.1) is 0 Å². The number of sulfonamides is 1. The average molecular weight is 358 g/mol. The molecule has 0 bridgehead atoms. The van der Waals surface area contributed by atoms with Gasteiger partial charge in [0.15, 0.2) is 0 Å². The largest absolute Gasteiger partial charge is 0.459 e. The van der Waals surface area contributed by atoms with Gasteiger partial charge >= 0.3 is 5.97 Å². The Kier molecular flexibility index (Phi) is 4.59. The molecule has 0 saturated carbocycles. The molecular weight excluding hydrogens is 340 g/mol. The van der Waals surface area contributed by atoms with Crippen LogP contribution in [0.3, 0.4) is 0 Å². The van der Waals surface area contributed by atoms with Gasteiger partial charge in [0, 0.05) is 5.56 Å². The van der Waals surface area contributed by atoms with Gasteiger partial charge < -0.3 is 4.74 Å². The summed E-state index contributed by atoms with van der Waals surface area (Å²) in [5, 5.41) is 0. The first-order valence-corrected chi connectivity index (χ1v) is 9.23. The Balaban J connectivity index is 1.67. The number of aliphatic imine (C=N–C) groups is 1. The summed E-state index contributed by atoms with van der Waals surface area (Å²) in [4.78, 5) is 16.2. The molecule has 0 radical (unpaired) electrons. The fourth-order valence-corrected chi connectivity index (χ4v) is 3.81. The van der Waals surface area contributed by atoms with E-state index in [0.29, 0.717) is 5.56 Å². The van der Waals surface area contributed by atoms with E-state index in [1.54, 1.807) is 18.2 Å². The number of hydrogen-bond donors (Lipinski definition) is 1. The molecule has 3 rings (SSSR count). The number of carbonyl (C=O) groups is 1. The van der Waals surface area contributed by atoms with Crippen molar-refractivity contribution >= 4 is 21.8 Å². The number of benzene rings is 2. The second-order valence-corrected chi connectivity index (χ2v) is 7.51. The van der Waals surface area contributed by atoms with Crippen LogP contribution in [0.5, 0.6) is 0 Å². The molecule has 7 heteroatoms. The van der Waals surface area contributed by atoms with Crippen molar-refractivity contribution in [2.75, 3.05) is 6.54 Å². The van der Waals surface area contributed by atoms with Crippen molar-refractivity contribution < 1.29 is 17.9 Å². The minimum Gasteiger partial charge on any atom is -0.459 e. The first-order chi connectivity index (χ1) is 11.9. The molecule has 0 fully saturated rings. The maximum Gasteiger partial charge on any atom is 0.328 e. The van der Waals surface area contributed by atoms with Crippen molar-refractivity contribution in [3.8, 4) is 0 Å². The molecule has 1 heterocycles. The second-order valence-electron chi connectivity index (χ2n) is 5.86. The van der Waals surface area contributed by atoms with Crippen LogP contribution in [0.2, 0.25) is 0 Å². The van der Waals surface area contributed by atoms with Crippen molar-refractivity contribution in [1.82, 2.24) is 4.72 Å². The summed E-state index contributed by atoms with van der Waals surface area (Å²) < 4.78 is 31.6. The molecule has 1 aliphatic heterocycles. The minimum absolute atomic E-state index is 0.164. The minimum atomic E-state index is -3.60. The zero-order chi connectivity index (χ0) is 18.0. The predicted octanol–water partition coefficient (Wildman–Crippen LogP) is 2.09. The van der Waals surface area contributed by atoms with Crippen molar-refractivity contribution in [2.24, 2.45) is 4.99 Å². The Hall–Kier alpha value is -2.67. The number of amidine groups is 1. The van der Waals surface area contributed by atoms with Gasteiger partial charge in [0.1, 0.15) is 19.0 Å². The van der Waals surface area contributed by atoms with Crippen molar-refractivity contribution in [3.05, 3.63) is 64.7 Å². The lowest BCUT2D eigenvalue weighted by Gasteiger charge is -2.08. The highest BCUT2D eigenvalue weighted by Gasteiger charge is 2.30. The van der Waals surface area contributed by atoms with Gasteiger partial charge in [0.2, 0.25) is 0 Å². The van der Waals surface area contributed by atoms with E-state index < -0.39 is 16.0 Å². The van der Waals surface area contributed by atoms with Gasteiger partial charge in [0.05, 0.1) is 4.90 Å². The van der Waals surface area contributed by atoms with E-state index in [2.05, 4.69) is 9.71 Å². The van der Waals surface area contributed by atoms with Crippen molar-refractivity contribution in [2.45, 2.75) is 25.3 Å². The zero-order valence-corrected chi connectivity index (χ0v) is 14.8. The molecule has 0 amide bonds. The quantitative estimate of drug-likeness (QED) is 0.848. The van der Waals surface area contributed by atoms with Crippen LogP contribution in [0.15, 0.2) is 52.4 Å². The molecule has 0 aliphatic carbocycles. The number of carbonyl (C=O) groups excluding carboxylic acids is 1. The Morgan fingerprint density at radius 3 is 2.72 bits per heavy atom. The number of nitrogens with one attached hydrogen (secondary N) is 1. The summed E-state index contributed by atoms with van der Waals surface area (Å²) in [5.41, 5.74) is 3.54. The van der Waals surface area contributed by atoms with E-state index in [1.807, 2.05) is 32.0 Å². The number of fused-ring (bicyclic) bond motifs is 1. The van der Waals surface area contributed by atoms with Gasteiger partial charge in [-0.05, 0) is 37.1 Å². The molecule has 0 aromatic heterocycles. The number of ether oxygens (including phenoxy) is 1. The molecule has 6 nitrogen and oxygen atoms in total. The number of aryl methyl sites for hydroxylation is 2. The lowest BCUT2D eigenvalue weighted by atomic mass is 10.1. The van der Waals surface area contributed by atoms with Crippen molar-refractivity contribution in [1.29, 1.82) is 0 Å². The molecule has 2 aromatic carbocycles. The van der Waals surface area contributed by atoms with Gasteiger partial charge in [-0.2, -0.15) is 0 Å². The first kappa shape index (κ1) is 17.2. The molecule has 2 aromatic rings. The third-order valence-electron chi connectivity index (χ3n) is 3.92. The number of esters is 1. The Bertz CT molecular complexity index is 965. The lowest BCUT2D eigenvalue weighted by Crippen LogP contribution is -2.23. The molecule has 1 N–H and O–H groups in total. The molecule has 0 spiro atoms. The Morgan fingerprint density at radius 2 is 1.92 bits per heavy atom. The maximum absolute atomic E-state index is 12.0. The van der Waals surface area contributed by atoms with Crippen LogP contribution in [0, 0.1) is 13.8 Å². The average Bonchev–Trinajstić information content (AvgIpc) is 2.85. The highest BCUT2D eigenvalue weighted by Crippen LogP contribution is 2.22. The van der Waals surface area contributed by atoms with E-state index in [9.17, 15) is 13.2 Å². The lowest BCUT2D eigenvalue weighted by molar-refractivity contribution is -0.143. The standard InChI is InChI=1S/C18H18N2O4S/c1-12-7-8-13(2)14(9-12)11-24-17(21)10-19-18-15-5-3-4-6-16(15)25(22,23)20-18/h3-9H,10-11H2,1-2H3,(H,19,20). The molecule has 25 heavy (non-hydrogen) atoms. The van der Waals surface area contributed by atoms with Crippen LogP contribution in [0.4, 0.5) is 0 Å². The van der Waals surface area contributed by atoms with E-state index in [4.69, 9.17) is 4.74 Å². The van der Waals surface area contributed by atoms with Crippen LogP contribution >= 0.6 is 0 Å². The zero-order valence-electron chi connectivity index (χ0n) is 13.9. The molecule has 130 valence electrons. The summed E-state index contributed by atoms with van der Waals surface area (Å²) >= 11 is 0. The van der Waals surface area contributed by atoms with E-state index in [-0.39, 0.29) is 23.9 Å². The third-order valence-corrected chi connectivity index (χ3v) is 5.32. The predicted molar refractivity (Wildman–Crippen MR) is 93.9 cm³/mol. The van der Waals surface area contributed by atoms with E-state index in [0.717, 1.165) is 16.7 Å². The fraction of sp³-hybridized carbons (Fsp3) is 0.222. The third kappa shape index (κ3) is 3.71. The summed E-state index contributed by atoms with van der Waals surface area (Å²) in [6, 6.07) is 12.4. The van der Waals surface area contributed by atoms with Crippen LogP contribution in [0.1, 0.15) is 22.3 Å². The number of hydrogen-bond acceptors (Lipinski definition) is 5. The highest BCUT2D eigenvalue weighted by atomic mass is 32.2. The van der Waals surface area contributed by atoms with E-state index >= 15 is 0 Å². The normalized spacial score (nSPS) is 16.3. The van der Waals surface area contributed by atoms with E-state index in [1.165, 1.54) is 6.07 Å². The molecule has 0 saturated heterocycles. The smallest absolute Gasteiger partial charge is 0.328 e. The molecule has 0 atom stereocenters. The molecule has 1 aliphatic rings. The SMILES string of the molecule is Cc1ccc(C)c(COC(=O)CN=C2NS(=O)(=O)c3ccccc32)c1. The van der Waals surface area contributed by atoms with Gasteiger partial charge in [-0.25, -0.2) is 8.42 Å². The summed E-state index contributed by atoms with van der Waals surface area (Å²) in [6.45, 7) is 3.84. The Morgan fingerprint density at radius 1 is 1.16 bits per heavy atom. The molecular formula is C18H18N2O4S. The Labute approximate surface area is 146 Å². The molecule has 0 unspecified atom stereocenters. The maximum atomic E-state index is 12.0. The van der Waals surface area contributed by atoms with Crippen LogP contribution in [-0.2, 0) is 26.2 Å². The second kappa shape index (κ2) is 6.68. The summed E-state index contributed by atoms with van der Waals surface area (Å²) in [5.74, 6) is -0.351. The number of nitrogens with zero attached hydrogens (tertiary/aromatic N) is 1. The first-order valence-electron chi connectivity index (χ1n) is 7.75. The summed E-state index contributed by atoms with van der Waals surface area (Å²) in [6.07, 6.45) is 0. The summed E-state index contributed by atoms with van der Waals surface area (Å²) in [7, 11) is -3.60. The van der Waals surface area contributed by atoms with Gasteiger partial charge in [0.25, 0.3) is 10.0 Å². The number of rotatable bonds is 4. The van der Waals surface area contributed by atoms with Crippen LogP contribution in [0.25, 0.3) is 0 Å². The topological polar surface area (TPSA) is 84.8 Å². The van der Waals surface area contributed by atoms with Crippen molar-refractivity contribution in [3.63, 3.8) is 0 Å². The fourth-order valence-electron chi connectivity index (χ4n) is 2.55. The highest BCUT2D eigenvalue weighted by molar-refractivity contribution is 7.90.